The van der Waals surface area contributed by atoms with E-state index in [-0.39, 0.29) is 43.4 Å². The minimum atomic E-state index is -3.14. The summed E-state index contributed by atoms with van der Waals surface area (Å²) >= 11 is 0. The molecule has 110 valence electrons. The highest BCUT2D eigenvalue weighted by atomic mass is 32.2. The van der Waals surface area contributed by atoms with Crippen LogP contribution in [0.1, 0.15) is 12.2 Å². The average Bonchev–Trinajstić information content (AvgIpc) is 2.59. The lowest BCUT2D eigenvalue weighted by Crippen LogP contribution is -2.33. The fourth-order valence-electron chi connectivity index (χ4n) is 1.67. The van der Waals surface area contributed by atoms with Gasteiger partial charge >= 0.3 is 0 Å². The highest BCUT2D eigenvalue weighted by Gasteiger charge is 2.23. The van der Waals surface area contributed by atoms with E-state index >= 15 is 0 Å². The van der Waals surface area contributed by atoms with E-state index in [0.717, 1.165) is 17.5 Å². The van der Waals surface area contributed by atoms with Crippen LogP contribution in [0.25, 0.3) is 0 Å². The normalized spacial score (nSPS) is 18.6. The number of rotatable bonds is 3. The molecular weight excluding hydrogens is 289 g/mol. The van der Waals surface area contributed by atoms with E-state index in [1.54, 1.807) is 0 Å². The van der Waals surface area contributed by atoms with Gasteiger partial charge in [-0.1, -0.05) is 0 Å². The van der Waals surface area contributed by atoms with Gasteiger partial charge in [0.15, 0.2) is 15.7 Å². The Morgan fingerprint density at radius 1 is 1.35 bits per heavy atom. The standard InChI is InChI=1S/C11H14FN3O4S/c12-9-7-13-10(14-8-9)1-2-11(16)15-3-5-20(17,18)6-4-19-15/h7-8H,1-6H2. The first-order valence-corrected chi connectivity index (χ1v) is 7.88. The second kappa shape index (κ2) is 6.23. The summed E-state index contributed by atoms with van der Waals surface area (Å²) in [5, 5.41) is 1.06. The van der Waals surface area contributed by atoms with Crippen molar-refractivity contribution >= 4 is 15.7 Å². The van der Waals surface area contributed by atoms with Gasteiger partial charge in [-0.2, -0.15) is 0 Å². The van der Waals surface area contributed by atoms with Gasteiger partial charge in [-0.25, -0.2) is 27.8 Å². The van der Waals surface area contributed by atoms with Crippen LogP contribution in [0.4, 0.5) is 4.39 Å². The van der Waals surface area contributed by atoms with Gasteiger partial charge in [0.2, 0.25) is 5.91 Å². The van der Waals surface area contributed by atoms with Gasteiger partial charge < -0.3 is 0 Å². The molecule has 0 saturated carbocycles. The van der Waals surface area contributed by atoms with Crippen LogP contribution in [-0.2, 0) is 25.9 Å². The van der Waals surface area contributed by atoms with Crippen molar-refractivity contribution in [2.45, 2.75) is 12.8 Å². The maximum absolute atomic E-state index is 12.6. The van der Waals surface area contributed by atoms with Crippen LogP contribution in [0, 0.1) is 5.82 Å². The maximum atomic E-state index is 12.6. The highest BCUT2D eigenvalue weighted by Crippen LogP contribution is 2.06. The van der Waals surface area contributed by atoms with Crippen molar-refractivity contribution in [2.24, 2.45) is 0 Å². The third kappa shape index (κ3) is 4.20. The third-order valence-corrected chi connectivity index (χ3v) is 4.35. The van der Waals surface area contributed by atoms with E-state index in [4.69, 9.17) is 4.84 Å². The molecule has 1 amide bonds. The molecule has 1 aliphatic heterocycles. The number of aryl methyl sites for hydroxylation is 1. The maximum Gasteiger partial charge on any atom is 0.246 e. The number of carbonyl (C=O) groups is 1. The number of aromatic nitrogens is 2. The zero-order chi connectivity index (χ0) is 14.6. The van der Waals surface area contributed by atoms with Crippen LogP contribution < -0.4 is 0 Å². The molecule has 20 heavy (non-hydrogen) atoms. The van der Waals surface area contributed by atoms with Crippen molar-refractivity contribution < 1.29 is 22.4 Å². The Bertz CT molecular complexity index is 576. The quantitative estimate of drug-likeness (QED) is 0.764. The lowest BCUT2D eigenvalue weighted by atomic mass is 10.3. The number of hydroxylamine groups is 2. The molecule has 0 radical (unpaired) electrons. The molecule has 7 nitrogen and oxygen atoms in total. The van der Waals surface area contributed by atoms with Crippen molar-refractivity contribution in [1.29, 1.82) is 0 Å². The summed E-state index contributed by atoms with van der Waals surface area (Å²) in [7, 11) is -3.14. The van der Waals surface area contributed by atoms with E-state index in [2.05, 4.69) is 9.97 Å². The number of nitrogens with zero attached hydrogens (tertiary/aromatic N) is 3. The van der Waals surface area contributed by atoms with Crippen molar-refractivity contribution in [3.63, 3.8) is 0 Å². The van der Waals surface area contributed by atoms with Gasteiger partial charge in [0.25, 0.3) is 0 Å². The van der Waals surface area contributed by atoms with Crippen LogP contribution >= 0.6 is 0 Å². The Kier molecular flexibility index (Phi) is 4.61. The molecule has 1 aromatic rings. The molecule has 0 aromatic carbocycles. The average molecular weight is 303 g/mol. The number of amides is 1. The predicted molar refractivity (Wildman–Crippen MR) is 66.6 cm³/mol. The molecule has 2 rings (SSSR count). The molecular formula is C11H14FN3O4S. The van der Waals surface area contributed by atoms with Gasteiger partial charge in [0.05, 0.1) is 37.1 Å². The fourth-order valence-corrected chi connectivity index (χ4v) is 2.65. The van der Waals surface area contributed by atoms with Crippen molar-refractivity contribution in [2.75, 3.05) is 24.7 Å². The van der Waals surface area contributed by atoms with E-state index in [0.29, 0.717) is 5.82 Å². The van der Waals surface area contributed by atoms with Gasteiger partial charge in [-0.3, -0.25) is 9.63 Å². The van der Waals surface area contributed by atoms with E-state index in [1.807, 2.05) is 0 Å². The molecule has 0 unspecified atom stereocenters. The van der Waals surface area contributed by atoms with Gasteiger partial charge in [-0.15, -0.1) is 0 Å². The molecule has 1 aliphatic rings. The summed E-state index contributed by atoms with van der Waals surface area (Å²) in [4.78, 5) is 24.5. The molecule has 2 heterocycles. The van der Waals surface area contributed by atoms with Crippen LogP contribution in [0.3, 0.4) is 0 Å². The minimum Gasteiger partial charge on any atom is -0.273 e. The largest absolute Gasteiger partial charge is 0.273 e. The van der Waals surface area contributed by atoms with Crippen molar-refractivity contribution in [1.82, 2.24) is 15.0 Å². The zero-order valence-electron chi connectivity index (χ0n) is 10.7. The summed E-state index contributed by atoms with van der Waals surface area (Å²) in [6, 6.07) is 0. The smallest absolute Gasteiger partial charge is 0.246 e. The fraction of sp³-hybridized carbons (Fsp3) is 0.545. The third-order valence-electron chi connectivity index (χ3n) is 2.76. The number of carbonyl (C=O) groups excluding carboxylic acids is 1. The van der Waals surface area contributed by atoms with Crippen LogP contribution in [0.2, 0.25) is 0 Å². The molecule has 0 N–H and O–H groups in total. The second-order valence-electron chi connectivity index (χ2n) is 4.30. The van der Waals surface area contributed by atoms with E-state index in [9.17, 15) is 17.6 Å². The molecule has 0 aliphatic carbocycles. The Balaban J connectivity index is 1.87. The summed E-state index contributed by atoms with van der Waals surface area (Å²) in [6.07, 6.45) is 2.38. The number of hydrogen-bond donors (Lipinski definition) is 0. The van der Waals surface area contributed by atoms with Crippen LogP contribution in [0.5, 0.6) is 0 Å². The number of halogens is 1. The SMILES string of the molecule is O=C(CCc1ncc(F)cn1)N1CCS(=O)(=O)CCO1. The summed E-state index contributed by atoms with van der Waals surface area (Å²) in [5.74, 6) is -0.720. The summed E-state index contributed by atoms with van der Waals surface area (Å²) in [5.41, 5.74) is 0. The zero-order valence-corrected chi connectivity index (χ0v) is 11.5. The summed E-state index contributed by atoms with van der Waals surface area (Å²) in [6.45, 7) is -0.00738. The Morgan fingerprint density at radius 2 is 2.05 bits per heavy atom. The topological polar surface area (TPSA) is 89.5 Å². The first-order valence-electron chi connectivity index (χ1n) is 6.06. The van der Waals surface area contributed by atoms with E-state index in [1.165, 1.54) is 0 Å². The number of hydrogen-bond acceptors (Lipinski definition) is 6. The van der Waals surface area contributed by atoms with Crippen LogP contribution in [0.15, 0.2) is 12.4 Å². The molecule has 0 bridgehead atoms. The molecule has 0 atom stereocenters. The summed E-state index contributed by atoms with van der Waals surface area (Å²) < 4.78 is 35.4. The van der Waals surface area contributed by atoms with Gasteiger partial charge in [0, 0.05) is 12.8 Å². The highest BCUT2D eigenvalue weighted by molar-refractivity contribution is 7.91. The van der Waals surface area contributed by atoms with Gasteiger partial charge in [0.1, 0.15) is 5.82 Å². The molecule has 1 aromatic heterocycles. The molecule has 9 heteroatoms. The molecule has 1 fully saturated rings. The molecule has 1 saturated heterocycles. The Hall–Kier alpha value is -1.61. The molecule has 0 spiro atoms. The van der Waals surface area contributed by atoms with Crippen LogP contribution in [-0.4, -0.2) is 54.0 Å². The van der Waals surface area contributed by atoms with Crippen molar-refractivity contribution in [3.8, 4) is 0 Å². The number of sulfone groups is 1. The van der Waals surface area contributed by atoms with Crippen molar-refractivity contribution in [3.05, 3.63) is 24.0 Å². The Labute approximate surface area is 115 Å². The first-order chi connectivity index (χ1) is 9.46. The lowest BCUT2D eigenvalue weighted by Gasteiger charge is -2.18. The predicted octanol–water partition coefficient (Wildman–Crippen LogP) is -0.263. The van der Waals surface area contributed by atoms with Gasteiger partial charge in [-0.05, 0) is 0 Å². The monoisotopic (exact) mass is 303 g/mol. The van der Waals surface area contributed by atoms with E-state index < -0.39 is 15.7 Å². The first kappa shape index (κ1) is 14.8. The second-order valence-corrected chi connectivity index (χ2v) is 6.60. The minimum absolute atomic E-state index is 0.0193. The Morgan fingerprint density at radius 3 is 2.75 bits per heavy atom. The lowest BCUT2D eigenvalue weighted by molar-refractivity contribution is -0.181.